The molecular weight excluding hydrogens is 352 g/mol. The number of carbonyl (C=O) groups excluding carboxylic acids is 3. The number of benzene rings is 1. The van der Waals surface area contributed by atoms with Gasteiger partial charge in [0.15, 0.2) is 11.2 Å². The van der Waals surface area contributed by atoms with Gasteiger partial charge in [0.2, 0.25) is 5.91 Å². The minimum Gasteiger partial charge on any atom is -0.497 e. The van der Waals surface area contributed by atoms with E-state index >= 15 is 0 Å². The molecule has 0 aliphatic carbocycles. The molecule has 2 aliphatic heterocycles. The van der Waals surface area contributed by atoms with E-state index in [1.807, 2.05) is 12.1 Å². The zero-order valence-electron chi connectivity index (χ0n) is 12.6. The average Bonchev–Trinajstić information content (AvgIpc) is 2.91. The summed E-state index contributed by atoms with van der Waals surface area (Å²) in [5.74, 6) is -0.455. The van der Waals surface area contributed by atoms with E-state index in [2.05, 4.69) is 16.1 Å². The van der Waals surface area contributed by atoms with Crippen LogP contribution in [0.1, 0.15) is 10.9 Å². The normalized spacial score (nSPS) is 21.7. The van der Waals surface area contributed by atoms with Gasteiger partial charge >= 0.3 is 0 Å². The van der Waals surface area contributed by atoms with E-state index in [9.17, 15) is 14.4 Å². The van der Waals surface area contributed by atoms with Crippen molar-refractivity contribution in [1.29, 1.82) is 0 Å². The first-order valence-electron chi connectivity index (χ1n) is 6.99. The number of thiocarbonyl (C=S) groups is 1. The zero-order chi connectivity index (χ0) is 17.3. The van der Waals surface area contributed by atoms with E-state index in [1.54, 1.807) is 19.2 Å². The maximum atomic E-state index is 12.2. The van der Waals surface area contributed by atoms with Gasteiger partial charge in [-0.25, -0.2) is 5.43 Å². The van der Waals surface area contributed by atoms with E-state index in [0.717, 1.165) is 5.56 Å². The Bertz CT molecular complexity index is 689. The zero-order valence-corrected chi connectivity index (χ0v) is 14.2. The number of amides is 3. The van der Waals surface area contributed by atoms with Crippen LogP contribution >= 0.6 is 24.0 Å². The van der Waals surface area contributed by atoms with Crippen LogP contribution < -0.4 is 20.8 Å². The molecule has 3 rings (SSSR count). The number of hydrazine groups is 1. The highest BCUT2D eigenvalue weighted by atomic mass is 32.2. The first-order chi connectivity index (χ1) is 11.5. The summed E-state index contributed by atoms with van der Waals surface area (Å²) in [4.78, 5) is 36.1. The Labute approximate surface area is 147 Å². The summed E-state index contributed by atoms with van der Waals surface area (Å²) >= 11 is 6.15. The first kappa shape index (κ1) is 16.7. The summed E-state index contributed by atoms with van der Waals surface area (Å²) in [5.41, 5.74) is 3.57. The maximum Gasteiger partial charge on any atom is 0.254 e. The molecule has 3 amide bonds. The molecule has 2 saturated heterocycles. The van der Waals surface area contributed by atoms with Gasteiger partial charge in [0.1, 0.15) is 11.1 Å². The summed E-state index contributed by atoms with van der Waals surface area (Å²) in [6.07, 6.45) is 0. The molecule has 2 fully saturated rings. The number of nitrogens with zero attached hydrogens (tertiary/aromatic N) is 1. The largest absolute Gasteiger partial charge is 0.497 e. The molecule has 0 radical (unpaired) electrons. The molecule has 0 spiro atoms. The predicted molar refractivity (Wildman–Crippen MR) is 90.8 cm³/mol. The topological polar surface area (TPSA) is 99.8 Å². The number of nitrogens with one attached hydrogen (secondary N) is 3. The van der Waals surface area contributed by atoms with Crippen molar-refractivity contribution in [2.24, 2.45) is 0 Å². The van der Waals surface area contributed by atoms with Gasteiger partial charge < -0.3 is 15.4 Å². The van der Waals surface area contributed by atoms with Crippen LogP contribution in [-0.2, 0) is 14.4 Å². The second-order valence-electron chi connectivity index (χ2n) is 5.07. The Morgan fingerprint density at radius 2 is 1.83 bits per heavy atom. The molecule has 0 bridgehead atoms. The lowest BCUT2D eigenvalue weighted by Gasteiger charge is -2.30. The van der Waals surface area contributed by atoms with Gasteiger partial charge in [-0.2, -0.15) is 0 Å². The Balaban J connectivity index is 1.79. The highest BCUT2D eigenvalue weighted by molar-refractivity contribution is 8.00. The molecule has 0 aromatic heterocycles. The van der Waals surface area contributed by atoms with E-state index in [-0.39, 0.29) is 22.1 Å². The van der Waals surface area contributed by atoms with E-state index < -0.39 is 17.9 Å². The number of rotatable bonds is 4. The molecule has 3 N–H and O–H groups in total. The number of ether oxygens (including phenoxy) is 1. The average molecular weight is 366 g/mol. The second kappa shape index (κ2) is 6.75. The third-order valence-corrected chi connectivity index (χ3v) is 4.95. The Morgan fingerprint density at radius 3 is 2.42 bits per heavy atom. The predicted octanol–water partition coefficient (Wildman–Crippen LogP) is -0.327. The van der Waals surface area contributed by atoms with Crippen LogP contribution in [0, 0.1) is 0 Å². The van der Waals surface area contributed by atoms with Gasteiger partial charge in [0.25, 0.3) is 11.8 Å². The van der Waals surface area contributed by atoms with Crippen LogP contribution in [0.5, 0.6) is 5.75 Å². The molecule has 2 heterocycles. The van der Waals surface area contributed by atoms with Crippen molar-refractivity contribution in [3.8, 4) is 5.75 Å². The molecule has 8 nitrogen and oxygen atoms in total. The van der Waals surface area contributed by atoms with Crippen LogP contribution in [0.2, 0.25) is 0 Å². The van der Waals surface area contributed by atoms with E-state index in [1.165, 1.54) is 16.8 Å². The third kappa shape index (κ3) is 3.21. The Morgan fingerprint density at radius 1 is 1.21 bits per heavy atom. The number of hydrogen-bond acceptors (Lipinski definition) is 7. The molecular formula is C14H14N4O4S2. The first-order valence-corrected chi connectivity index (χ1v) is 8.45. The van der Waals surface area contributed by atoms with E-state index in [4.69, 9.17) is 17.0 Å². The lowest BCUT2D eigenvalue weighted by Crippen LogP contribution is -2.66. The number of methoxy groups -OCH3 is 1. The van der Waals surface area contributed by atoms with Crippen molar-refractivity contribution >= 4 is 46.8 Å². The fourth-order valence-corrected chi connectivity index (χ4v) is 3.67. The molecule has 10 heteroatoms. The summed E-state index contributed by atoms with van der Waals surface area (Å²) in [6.45, 7) is 0. The minimum absolute atomic E-state index is 0.0446. The van der Waals surface area contributed by atoms with Crippen LogP contribution in [0.25, 0.3) is 0 Å². The number of hydrogen-bond donors (Lipinski definition) is 3. The smallest absolute Gasteiger partial charge is 0.254 e. The summed E-state index contributed by atoms with van der Waals surface area (Å²) < 4.78 is 5.12. The third-order valence-electron chi connectivity index (χ3n) is 3.53. The second-order valence-corrected chi connectivity index (χ2v) is 6.55. The van der Waals surface area contributed by atoms with Crippen molar-refractivity contribution < 1.29 is 19.1 Å². The summed E-state index contributed by atoms with van der Waals surface area (Å²) in [6, 6.07) is 6.02. The molecule has 1 atom stereocenters. The Kier molecular flexibility index (Phi) is 4.69. The highest BCUT2D eigenvalue weighted by Gasteiger charge is 2.40. The molecule has 2 aliphatic rings. The molecule has 1 aromatic carbocycles. The van der Waals surface area contributed by atoms with Gasteiger partial charge in [0, 0.05) is 0 Å². The lowest BCUT2D eigenvalue weighted by molar-refractivity contribution is -0.139. The molecule has 126 valence electrons. The lowest BCUT2D eigenvalue weighted by atomic mass is 10.2. The van der Waals surface area contributed by atoms with Crippen molar-refractivity contribution in [3.63, 3.8) is 0 Å². The number of thioether (sulfide) groups is 1. The van der Waals surface area contributed by atoms with Crippen LogP contribution in [-0.4, -0.2) is 46.7 Å². The monoisotopic (exact) mass is 366 g/mol. The molecule has 24 heavy (non-hydrogen) atoms. The van der Waals surface area contributed by atoms with Crippen molar-refractivity contribution in [1.82, 2.24) is 21.1 Å². The standard InChI is InChI=1S/C14H14N4O4S2/c1-22-8-4-2-7(3-5-8)13-18(9(19)6-24-13)17-10-11(20)15-14(23)16-12(10)21/h2-5,10,13,17H,6H2,1H3,(H2,15,16,20,21,23). The fourth-order valence-electron chi connectivity index (χ4n) is 2.35. The van der Waals surface area contributed by atoms with Gasteiger partial charge in [-0.15, -0.1) is 11.8 Å². The van der Waals surface area contributed by atoms with Gasteiger partial charge in [0.05, 0.1) is 12.9 Å². The van der Waals surface area contributed by atoms with Crippen LogP contribution in [0.4, 0.5) is 0 Å². The van der Waals surface area contributed by atoms with Gasteiger partial charge in [-0.05, 0) is 29.9 Å². The fraction of sp³-hybridized carbons (Fsp3) is 0.286. The van der Waals surface area contributed by atoms with Crippen LogP contribution in [0.15, 0.2) is 24.3 Å². The molecule has 1 unspecified atom stereocenters. The number of carbonyl (C=O) groups is 3. The van der Waals surface area contributed by atoms with E-state index in [0.29, 0.717) is 5.75 Å². The van der Waals surface area contributed by atoms with Crippen molar-refractivity contribution in [3.05, 3.63) is 29.8 Å². The van der Waals surface area contributed by atoms with Gasteiger partial charge in [-0.3, -0.25) is 19.4 Å². The van der Waals surface area contributed by atoms with Crippen molar-refractivity contribution in [2.45, 2.75) is 11.4 Å². The van der Waals surface area contributed by atoms with Gasteiger partial charge in [-0.1, -0.05) is 12.1 Å². The maximum absolute atomic E-state index is 12.2. The summed E-state index contributed by atoms with van der Waals surface area (Å²) in [7, 11) is 1.57. The molecule has 0 saturated carbocycles. The highest BCUT2D eigenvalue weighted by Crippen LogP contribution is 2.37. The quantitative estimate of drug-likeness (QED) is 0.496. The minimum atomic E-state index is -1.22. The molecule has 1 aromatic rings. The SMILES string of the molecule is COc1ccc(C2SCC(=O)N2NC2C(=O)NC(=S)NC2=O)cc1. The van der Waals surface area contributed by atoms with Crippen LogP contribution in [0.3, 0.4) is 0 Å². The van der Waals surface area contributed by atoms with Crippen molar-refractivity contribution in [2.75, 3.05) is 12.9 Å². The summed E-state index contributed by atoms with van der Waals surface area (Å²) in [5, 5.41) is 5.63. The Hall–Kier alpha value is -2.17.